The van der Waals surface area contributed by atoms with Crippen molar-refractivity contribution < 1.29 is 22.8 Å². The molecule has 1 heterocycles. The molecule has 2 amide bonds. The number of nitrogens with one attached hydrogen (secondary N) is 1. The van der Waals surface area contributed by atoms with Crippen LogP contribution in [0.1, 0.15) is 51.9 Å². The Morgan fingerprint density at radius 3 is 2.27 bits per heavy atom. The molecule has 4 nitrogen and oxygen atoms in total. The van der Waals surface area contributed by atoms with Gasteiger partial charge >= 0.3 is 6.18 Å². The number of hydrogen-bond acceptors (Lipinski definition) is 2. The van der Waals surface area contributed by atoms with Crippen molar-refractivity contribution in [2.24, 2.45) is 0 Å². The third-order valence-corrected chi connectivity index (χ3v) is 7.39. The van der Waals surface area contributed by atoms with Gasteiger partial charge in [-0.1, -0.05) is 73.7 Å². The third kappa shape index (κ3) is 5.78. The Labute approximate surface area is 231 Å². The van der Waals surface area contributed by atoms with Gasteiger partial charge in [-0.2, -0.15) is 13.2 Å². The van der Waals surface area contributed by atoms with Crippen molar-refractivity contribution in [2.45, 2.75) is 38.4 Å². The first-order valence-corrected chi connectivity index (χ1v) is 13.3. The molecule has 0 aromatic heterocycles. The minimum Gasteiger partial charge on any atom is -0.338 e. The second kappa shape index (κ2) is 11.4. The maximum Gasteiger partial charge on any atom is 0.416 e. The van der Waals surface area contributed by atoms with Crippen LogP contribution < -0.4 is 5.32 Å². The quantitative estimate of drug-likeness (QED) is 0.271. The van der Waals surface area contributed by atoms with Crippen LogP contribution in [0.5, 0.6) is 0 Å². The molecule has 0 aliphatic carbocycles. The van der Waals surface area contributed by atoms with Crippen molar-refractivity contribution in [3.05, 3.63) is 125 Å². The number of halogens is 3. The highest BCUT2D eigenvalue weighted by Crippen LogP contribution is 2.32. The SMILES string of the molecule is CCC(C(=O)N1CCc2cc(NC(=O)c3ccccc3-c3ccc(C(F)(F)F)cc3)ccc2C1)c1ccccc1. The van der Waals surface area contributed by atoms with Crippen LogP contribution in [-0.2, 0) is 23.9 Å². The van der Waals surface area contributed by atoms with E-state index in [4.69, 9.17) is 0 Å². The molecule has 4 aromatic rings. The van der Waals surface area contributed by atoms with Crippen molar-refractivity contribution in [3.63, 3.8) is 0 Å². The van der Waals surface area contributed by atoms with E-state index in [9.17, 15) is 22.8 Å². The Morgan fingerprint density at radius 2 is 1.57 bits per heavy atom. The molecule has 204 valence electrons. The molecule has 0 fully saturated rings. The first kappa shape index (κ1) is 27.2. The summed E-state index contributed by atoms with van der Waals surface area (Å²) in [5, 5.41) is 2.94. The number of alkyl halides is 3. The lowest BCUT2D eigenvalue weighted by Gasteiger charge is -2.32. The van der Waals surface area contributed by atoms with Crippen LogP contribution in [0.15, 0.2) is 97.1 Å². The predicted octanol–water partition coefficient (Wildman–Crippen LogP) is 7.70. The first-order chi connectivity index (χ1) is 19.2. The zero-order valence-corrected chi connectivity index (χ0v) is 22.0. The maximum atomic E-state index is 13.3. The number of nitrogens with zero attached hydrogens (tertiary/aromatic N) is 1. The van der Waals surface area contributed by atoms with Gasteiger partial charge in [0.05, 0.1) is 11.5 Å². The zero-order chi connectivity index (χ0) is 28.3. The molecule has 7 heteroatoms. The number of hydrogen-bond donors (Lipinski definition) is 1. The van der Waals surface area contributed by atoms with E-state index in [2.05, 4.69) is 5.32 Å². The molecule has 5 rings (SSSR count). The fourth-order valence-corrected chi connectivity index (χ4v) is 5.25. The molecule has 1 aliphatic heterocycles. The van der Waals surface area contributed by atoms with Crippen LogP contribution in [0, 0.1) is 0 Å². The van der Waals surface area contributed by atoms with Gasteiger partial charge in [0.15, 0.2) is 0 Å². The highest BCUT2D eigenvalue weighted by Gasteiger charge is 2.30. The van der Waals surface area contributed by atoms with E-state index in [0.717, 1.165) is 35.2 Å². The van der Waals surface area contributed by atoms with Crippen LogP contribution in [-0.4, -0.2) is 23.3 Å². The monoisotopic (exact) mass is 542 g/mol. The topological polar surface area (TPSA) is 49.4 Å². The Kier molecular flexibility index (Phi) is 7.74. The molecular formula is C33H29F3N2O2. The number of benzene rings is 4. The number of anilines is 1. The third-order valence-electron chi connectivity index (χ3n) is 7.39. The lowest BCUT2D eigenvalue weighted by atomic mass is 9.92. The summed E-state index contributed by atoms with van der Waals surface area (Å²) in [4.78, 5) is 28.5. The smallest absolute Gasteiger partial charge is 0.338 e. The van der Waals surface area contributed by atoms with Crippen LogP contribution >= 0.6 is 0 Å². The van der Waals surface area contributed by atoms with Crippen molar-refractivity contribution in [2.75, 3.05) is 11.9 Å². The van der Waals surface area contributed by atoms with Crippen molar-refractivity contribution >= 4 is 17.5 Å². The summed E-state index contributed by atoms with van der Waals surface area (Å²) in [7, 11) is 0. The molecule has 1 N–H and O–H groups in total. The van der Waals surface area contributed by atoms with E-state index in [-0.39, 0.29) is 17.7 Å². The molecule has 1 atom stereocenters. The zero-order valence-electron chi connectivity index (χ0n) is 22.0. The lowest BCUT2D eigenvalue weighted by Crippen LogP contribution is -2.39. The van der Waals surface area contributed by atoms with E-state index < -0.39 is 11.7 Å². The Balaban J connectivity index is 1.30. The molecular weight excluding hydrogens is 513 g/mol. The van der Waals surface area contributed by atoms with Gasteiger partial charge in [0.1, 0.15) is 0 Å². The average Bonchev–Trinajstić information content (AvgIpc) is 2.97. The van der Waals surface area contributed by atoms with Gasteiger partial charge in [0.25, 0.3) is 5.91 Å². The standard InChI is InChI=1S/C33H29F3N2O2/c1-2-28(22-8-4-3-5-9-22)32(40)38-19-18-24-20-27(17-14-25(24)21-38)37-31(39)30-11-7-6-10-29(30)23-12-15-26(16-13-23)33(34,35)36/h3-17,20,28H,2,18-19,21H2,1H3,(H,37,39). The fourth-order valence-electron chi connectivity index (χ4n) is 5.25. The number of carbonyl (C=O) groups excluding carboxylic acids is 2. The lowest BCUT2D eigenvalue weighted by molar-refractivity contribution is -0.137. The van der Waals surface area contributed by atoms with Crippen LogP contribution in [0.25, 0.3) is 11.1 Å². The Morgan fingerprint density at radius 1 is 0.875 bits per heavy atom. The summed E-state index contributed by atoms with van der Waals surface area (Å²) in [6.45, 7) is 3.14. The fraction of sp³-hybridized carbons (Fsp3) is 0.212. The van der Waals surface area contributed by atoms with E-state index in [1.807, 2.05) is 60.4 Å². The van der Waals surface area contributed by atoms with Gasteiger partial charge in [-0.15, -0.1) is 0 Å². The normalized spacial score (nSPS) is 13.8. The van der Waals surface area contributed by atoms with Crippen LogP contribution in [0.3, 0.4) is 0 Å². The molecule has 0 radical (unpaired) electrons. The van der Waals surface area contributed by atoms with E-state index >= 15 is 0 Å². The Hall–Kier alpha value is -4.39. The summed E-state index contributed by atoms with van der Waals surface area (Å²) >= 11 is 0. The second-order valence-electron chi connectivity index (χ2n) is 9.94. The highest BCUT2D eigenvalue weighted by atomic mass is 19.4. The predicted molar refractivity (Wildman–Crippen MR) is 150 cm³/mol. The molecule has 0 saturated carbocycles. The number of amides is 2. The molecule has 0 bridgehead atoms. The van der Waals surface area contributed by atoms with Gasteiger partial charge in [0.2, 0.25) is 5.91 Å². The van der Waals surface area contributed by atoms with E-state index in [1.54, 1.807) is 24.3 Å². The second-order valence-corrected chi connectivity index (χ2v) is 9.94. The number of carbonyl (C=O) groups is 2. The van der Waals surface area contributed by atoms with Gasteiger partial charge in [0, 0.05) is 24.3 Å². The average molecular weight is 543 g/mol. The van der Waals surface area contributed by atoms with Crippen molar-refractivity contribution in [1.82, 2.24) is 4.90 Å². The van der Waals surface area contributed by atoms with Gasteiger partial charge in [-0.3, -0.25) is 9.59 Å². The van der Waals surface area contributed by atoms with Gasteiger partial charge in [-0.25, -0.2) is 0 Å². The van der Waals surface area contributed by atoms with E-state index in [1.165, 1.54) is 12.1 Å². The summed E-state index contributed by atoms with van der Waals surface area (Å²) < 4.78 is 39.0. The Bertz CT molecular complexity index is 1520. The first-order valence-electron chi connectivity index (χ1n) is 13.3. The molecule has 0 saturated heterocycles. The van der Waals surface area contributed by atoms with Crippen molar-refractivity contribution in [3.8, 4) is 11.1 Å². The molecule has 0 spiro atoms. The van der Waals surface area contributed by atoms with Gasteiger partial charge in [-0.05, 0) is 71.0 Å². The molecule has 1 aliphatic rings. The number of fused-ring (bicyclic) bond motifs is 1. The van der Waals surface area contributed by atoms with Crippen molar-refractivity contribution in [1.29, 1.82) is 0 Å². The highest BCUT2D eigenvalue weighted by molar-refractivity contribution is 6.08. The summed E-state index contributed by atoms with van der Waals surface area (Å²) in [6, 6.07) is 27.2. The minimum atomic E-state index is -4.42. The van der Waals surface area contributed by atoms with Gasteiger partial charge < -0.3 is 10.2 Å². The minimum absolute atomic E-state index is 0.122. The maximum absolute atomic E-state index is 13.3. The summed E-state index contributed by atoms with van der Waals surface area (Å²) in [5.41, 5.74) is 4.47. The van der Waals surface area contributed by atoms with E-state index in [0.29, 0.717) is 41.9 Å². The molecule has 40 heavy (non-hydrogen) atoms. The van der Waals surface area contributed by atoms with Crippen LogP contribution in [0.2, 0.25) is 0 Å². The summed E-state index contributed by atoms with van der Waals surface area (Å²) in [5.74, 6) is -0.403. The summed E-state index contributed by atoms with van der Waals surface area (Å²) in [6.07, 6.45) is -3.02. The molecule has 4 aromatic carbocycles. The molecule has 1 unspecified atom stereocenters. The number of rotatable bonds is 6. The van der Waals surface area contributed by atoms with Crippen LogP contribution in [0.4, 0.5) is 18.9 Å². The largest absolute Gasteiger partial charge is 0.416 e.